The van der Waals surface area contributed by atoms with Crippen LogP contribution in [0.5, 0.6) is 0 Å². The zero-order chi connectivity index (χ0) is 21.5. The Morgan fingerprint density at radius 1 is 1.23 bits per heavy atom. The first-order valence-electron chi connectivity index (χ1n) is 10.0. The number of pyridine rings is 1. The molecule has 9 heteroatoms. The molecule has 2 N–H and O–H groups in total. The van der Waals surface area contributed by atoms with Crippen molar-refractivity contribution in [3.8, 4) is 0 Å². The Morgan fingerprint density at radius 3 is 2.74 bits per heavy atom. The van der Waals surface area contributed by atoms with Crippen LogP contribution in [-0.4, -0.2) is 22.1 Å². The van der Waals surface area contributed by atoms with E-state index in [1.165, 1.54) is 12.1 Å². The Hall–Kier alpha value is -2.91. The van der Waals surface area contributed by atoms with Crippen LogP contribution in [-0.2, 0) is 34.5 Å². The van der Waals surface area contributed by atoms with Gasteiger partial charge in [-0.25, -0.2) is 0 Å². The molecule has 1 aromatic carbocycles. The van der Waals surface area contributed by atoms with Gasteiger partial charge in [0, 0.05) is 17.3 Å². The van der Waals surface area contributed by atoms with Gasteiger partial charge in [-0.3, -0.25) is 9.78 Å². The van der Waals surface area contributed by atoms with Gasteiger partial charge in [0.15, 0.2) is 0 Å². The molecule has 1 aliphatic carbocycles. The maximum Gasteiger partial charge on any atom is 0.416 e. The van der Waals surface area contributed by atoms with Crippen molar-refractivity contribution in [1.82, 2.24) is 9.55 Å². The van der Waals surface area contributed by atoms with E-state index in [1.54, 1.807) is 16.8 Å². The predicted octanol–water partition coefficient (Wildman–Crippen LogP) is 3.79. The maximum atomic E-state index is 13.4. The first kappa shape index (κ1) is 18.8. The normalized spacial score (nSPS) is 21.3. The molecule has 3 aliphatic rings. The number of carbonyl (C=O) groups is 1. The number of hydrogen-bond acceptors (Lipinski definition) is 4. The van der Waals surface area contributed by atoms with Gasteiger partial charge in [-0.05, 0) is 42.2 Å². The molecule has 6 nitrogen and oxygen atoms in total. The van der Waals surface area contributed by atoms with Crippen LogP contribution in [0.25, 0.3) is 11.0 Å². The summed E-state index contributed by atoms with van der Waals surface area (Å²) < 4.78 is 53.7. The zero-order valence-electron chi connectivity index (χ0n) is 16.3. The highest BCUT2D eigenvalue weighted by atomic mass is 19.4. The number of ether oxygens (including phenoxy) is 2. The number of alkyl halides is 3. The van der Waals surface area contributed by atoms with Crippen molar-refractivity contribution < 1.29 is 27.4 Å². The van der Waals surface area contributed by atoms with Crippen LogP contribution in [0.4, 0.5) is 13.2 Å². The van der Waals surface area contributed by atoms with Crippen molar-refractivity contribution in [2.24, 2.45) is 5.73 Å². The molecule has 4 heterocycles. The van der Waals surface area contributed by atoms with Gasteiger partial charge in [0.2, 0.25) is 0 Å². The number of nitrogens with zero attached hydrogens (tertiary/aromatic N) is 2. The van der Waals surface area contributed by atoms with E-state index in [0.717, 1.165) is 22.7 Å². The molecule has 1 fully saturated rings. The molecule has 3 aromatic rings. The van der Waals surface area contributed by atoms with E-state index in [9.17, 15) is 18.0 Å². The SMILES string of the molecule is NC(=O)c1cc2ncc3c(c2n1[C@@H]1COC2(CC2)c2cc(C(F)(F)F)ccc21)COC3. The minimum atomic E-state index is -4.45. The topological polar surface area (TPSA) is 79.4 Å². The van der Waals surface area contributed by atoms with E-state index in [2.05, 4.69) is 4.98 Å². The smallest absolute Gasteiger partial charge is 0.372 e. The number of fused-ring (bicyclic) bond motifs is 5. The summed E-state index contributed by atoms with van der Waals surface area (Å²) >= 11 is 0. The third kappa shape index (κ3) is 2.66. The van der Waals surface area contributed by atoms with Crippen molar-refractivity contribution in [1.29, 1.82) is 0 Å². The van der Waals surface area contributed by atoms with Crippen LogP contribution >= 0.6 is 0 Å². The second-order valence-electron chi connectivity index (χ2n) is 8.37. The van der Waals surface area contributed by atoms with Gasteiger partial charge < -0.3 is 19.8 Å². The highest BCUT2D eigenvalue weighted by molar-refractivity contribution is 5.98. The highest BCUT2D eigenvalue weighted by Crippen LogP contribution is 2.56. The van der Waals surface area contributed by atoms with Gasteiger partial charge in [-0.15, -0.1) is 0 Å². The van der Waals surface area contributed by atoms with Crippen LogP contribution in [0.3, 0.4) is 0 Å². The quantitative estimate of drug-likeness (QED) is 0.672. The Morgan fingerprint density at radius 2 is 2.03 bits per heavy atom. The van der Waals surface area contributed by atoms with Crippen LogP contribution in [0.15, 0.2) is 30.5 Å². The van der Waals surface area contributed by atoms with Crippen molar-refractivity contribution in [2.45, 2.75) is 43.9 Å². The summed E-state index contributed by atoms with van der Waals surface area (Å²) in [5.74, 6) is -0.633. The van der Waals surface area contributed by atoms with E-state index in [4.69, 9.17) is 15.2 Å². The number of amides is 1. The van der Waals surface area contributed by atoms with Gasteiger partial charge in [-0.1, -0.05) is 6.07 Å². The fraction of sp³-hybridized carbons (Fsp3) is 0.364. The summed E-state index contributed by atoms with van der Waals surface area (Å²) in [6.45, 7) is 1.02. The number of benzene rings is 1. The molecule has 0 bridgehead atoms. The van der Waals surface area contributed by atoms with E-state index in [1.807, 2.05) is 0 Å². The third-order valence-corrected chi connectivity index (χ3v) is 6.57. The van der Waals surface area contributed by atoms with Gasteiger partial charge in [0.1, 0.15) is 5.69 Å². The van der Waals surface area contributed by atoms with Crippen LogP contribution < -0.4 is 5.73 Å². The number of aromatic nitrogens is 2. The second-order valence-corrected chi connectivity index (χ2v) is 8.37. The molecular formula is C22H18F3N3O3. The van der Waals surface area contributed by atoms with Crippen LogP contribution in [0.1, 0.15) is 57.2 Å². The number of nitrogens with two attached hydrogens (primary N) is 1. The van der Waals surface area contributed by atoms with Gasteiger partial charge in [0.25, 0.3) is 5.91 Å². The summed E-state index contributed by atoms with van der Waals surface area (Å²) in [6.07, 6.45) is -1.37. The average molecular weight is 429 g/mol. The minimum absolute atomic E-state index is 0.229. The third-order valence-electron chi connectivity index (χ3n) is 6.57. The Bertz CT molecular complexity index is 1260. The maximum absolute atomic E-state index is 13.4. The summed E-state index contributed by atoms with van der Waals surface area (Å²) in [5, 5.41) is 0. The van der Waals surface area contributed by atoms with Gasteiger partial charge in [-0.2, -0.15) is 13.2 Å². The average Bonchev–Trinajstić information content (AvgIpc) is 3.17. The van der Waals surface area contributed by atoms with E-state index < -0.39 is 29.3 Å². The zero-order valence-corrected chi connectivity index (χ0v) is 16.3. The molecule has 2 aromatic heterocycles. The van der Waals surface area contributed by atoms with Crippen molar-refractivity contribution >= 4 is 16.9 Å². The number of halogens is 3. The van der Waals surface area contributed by atoms with Crippen molar-refractivity contribution in [3.63, 3.8) is 0 Å². The minimum Gasteiger partial charge on any atom is -0.372 e. The first-order valence-corrected chi connectivity index (χ1v) is 10.0. The van der Waals surface area contributed by atoms with Crippen LogP contribution in [0, 0.1) is 0 Å². The monoisotopic (exact) mass is 429 g/mol. The first-order chi connectivity index (χ1) is 14.8. The molecule has 160 valence electrons. The molecule has 0 saturated heterocycles. The van der Waals surface area contributed by atoms with Gasteiger partial charge in [0.05, 0.1) is 48.1 Å². The molecule has 1 spiro atoms. The molecule has 1 saturated carbocycles. The lowest BCUT2D eigenvalue weighted by Gasteiger charge is -2.35. The lowest BCUT2D eigenvalue weighted by Crippen LogP contribution is -2.32. The van der Waals surface area contributed by atoms with E-state index >= 15 is 0 Å². The predicted molar refractivity (Wildman–Crippen MR) is 103 cm³/mol. The molecule has 6 rings (SSSR count). The van der Waals surface area contributed by atoms with E-state index in [0.29, 0.717) is 42.7 Å². The number of hydrogen-bond donors (Lipinski definition) is 1. The number of carbonyl (C=O) groups excluding carboxylic acids is 1. The lowest BCUT2D eigenvalue weighted by atomic mass is 9.90. The fourth-order valence-corrected chi connectivity index (χ4v) is 4.91. The summed E-state index contributed by atoms with van der Waals surface area (Å²) in [6, 6.07) is 4.92. The highest BCUT2D eigenvalue weighted by Gasteiger charge is 2.52. The van der Waals surface area contributed by atoms with Crippen LogP contribution in [0.2, 0.25) is 0 Å². The Labute approximate surface area is 174 Å². The van der Waals surface area contributed by atoms with E-state index in [-0.39, 0.29) is 12.3 Å². The standard InChI is InChI=1S/C22H18F3N3O3/c23-22(24,25)12-1-2-13-15(5-12)21(3-4-21)31-10-18(13)28-17(20(26)29)6-16-19(28)14-9-30-8-11(14)7-27-16/h1-2,5-7,18H,3-4,8-10H2,(H2,26,29)/t18-/m1/s1. The van der Waals surface area contributed by atoms with Gasteiger partial charge >= 0.3 is 6.18 Å². The summed E-state index contributed by atoms with van der Waals surface area (Å²) in [7, 11) is 0. The molecule has 1 amide bonds. The number of primary amides is 1. The summed E-state index contributed by atoms with van der Waals surface area (Å²) in [5.41, 5.74) is 8.96. The molecule has 31 heavy (non-hydrogen) atoms. The van der Waals surface area contributed by atoms with Crippen molar-refractivity contribution in [2.75, 3.05) is 6.61 Å². The molecule has 0 radical (unpaired) electrons. The van der Waals surface area contributed by atoms with Crippen molar-refractivity contribution in [3.05, 3.63) is 64.0 Å². The summed E-state index contributed by atoms with van der Waals surface area (Å²) in [4.78, 5) is 16.8. The second kappa shape index (κ2) is 6.08. The Balaban J connectivity index is 1.61. The number of rotatable bonds is 2. The molecule has 0 unspecified atom stereocenters. The lowest BCUT2D eigenvalue weighted by molar-refractivity contribution is -0.137. The molecular weight excluding hydrogens is 411 g/mol. The fourth-order valence-electron chi connectivity index (χ4n) is 4.91. The molecule has 2 aliphatic heterocycles. The molecule has 1 atom stereocenters. The largest absolute Gasteiger partial charge is 0.416 e. The Kier molecular flexibility index (Phi) is 3.69.